The average molecular weight is 938 g/mol. The molecule has 0 aromatic heterocycles. The Bertz CT molecular complexity index is 431. The van der Waals surface area contributed by atoms with Crippen LogP contribution in [0.5, 0.6) is 0 Å². The van der Waals surface area contributed by atoms with E-state index in [0.717, 1.165) is 0 Å². The first-order valence-corrected chi connectivity index (χ1v) is 28.6. The molecule has 0 heterocycles. The summed E-state index contributed by atoms with van der Waals surface area (Å²) in [5.74, 6) is 0. The SMILES string of the molecule is CCCCCCCC[PH+](CCCCCCCC)CCCCCCCC.CCCCCCCC[PH+](CCCCCCCC)CCCCCCCC.[Pt]. The number of hydrogen-bond acceptors (Lipinski definition) is 0. The van der Waals surface area contributed by atoms with Gasteiger partial charge < -0.3 is 0 Å². The maximum absolute atomic E-state index is 2.32. The van der Waals surface area contributed by atoms with Crippen LogP contribution < -0.4 is 0 Å². The molecule has 0 spiro atoms. The molecule has 0 saturated heterocycles. The third-order valence-corrected chi connectivity index (χ3v) is 17.7. The minimum absolute atomic E-state index is 0. The number of hydrogen-bond donors (Lipinski definition) is 0. The zero-order valence-electron chi connectivity index (χ0n) is 37.0. The van der Waals surface area contributed by atoms with E-state index in [1.807, 2.05) is 0 Å². The summed E-state index contributed by atoms with van der Waals surface area (Å²) in [6, 6.07) is 0. The van der Waals surface area contributed by atoms with Crippen molar-refractivity contribution in [3.63, 3.8) is 0 Å². The first-order chi connectivity index (χ1) is 24.7. The Kier molecular flexibility index (Phi) is 59.8. The maximum Gasteiger partial charge on any atom is 0.0571 e. The van der Waals surface area contributed by atoms with E-state index in [2.05, 4.69) is 41.5 Å². The fourth-order valence-electron chi connectivity index (χ4n) is 7.68. The summed E-state index contributed by atoms with van der Waals surface area (Å²) < 4.78 is 0. The summed E-state index contributed by atoms with van der Waals surface area (Å²) in [5, 5.41) is 0. The van der Waals surface area contributed by atoms with Crippen LogP contribution in [0, 0.1) is 0 Å². The van der Waals surface area contributed by atoms with Gasteiger partial charge in [-0.15, -0.1) is 0 Å². The summed E-state index contributed by atoms with van der Waals surface area (Å²) in [5.41, 5.74) is 0. The Morgan fingerprint density at radius 1 is 0.176 bits per heavy atom. The standard InChI is InChI=1S/2C24H51P.Pt/c2*1-4-7-10-13-16-19-22-25(23-20-17-14-11-8-5-2)24-21-18-15-12-9-6-3;/h2*4-24H2,1-3H3;/p+2. The van der Waals surface area contributed by atoms with Gasteiger partial charge in [-0.25, -0.2) is 0 Å². The van der Waals surface area contributed by atoms with Gasteiger partial charge in [0.2, 0.25) is 0 Å². The Labute approximate surface area is 344 Å². The van der Waals surface area contributed by atoms with Crippen LogP contribution in [0.4, 0.5) is 0 Å². The predicted molar refractivity (Wildman–Crippen MR) is 246 cm³/mol. The van der Waals surface area contributed by atoms with Crippen molar-refractivity contribution >= 4 is 15.8 Å². The maximum atomic E-state index is 2.32. The molecule has 0 nitrogen and oxygen atoms in total. The molecule has 51 heavy (non-hydrogen) atoms. The van der Waals surface area contributed by atoms with Crippen LogP contribution in [0.3, 0.4) is 0 Å². The molecule has 0 aliphatic heterocycles. The van der Waals surface area contributed by atoms with E-state index in [1.54, 1.807) is 75.5 Å². The molecule has 0 bridgehead atoms. The first kappa shape index (κ1) is 56.9. The average Bonchev–Trinajstić information content (AvgIpc) is 3.13. The third kappa shape index (κ3) is 51.5. The van der Waals surface area contributed by atoms with Crippen molar-refractivity contribution in [2.45, 2.75) is 273 Å². The molecular weight excluding hydrogens is 834 g/mol. The Morgan fingerprint density at radius 2 is 0.294 bits per heavy atom. The van der Waals surface area contributed by atoms with Crippen molar-refractivity contribution in [3.05, 3.63) is 0 Å². The second kappa shape index (κ2) is 53.7. The monoisotopic (exact) mass is 938 g/mol. The quantitative estimate of drug-likeness (QED) is 0.0423. The summed E-state index contributed by atoms with van der Waals surface area (Å²) >= 11 is 0. The molecule has 0 rings (SSSR count). The van der Waals surface area contributed by atoms with Gasteiger partial charge in [0, 0.05) is 36.9 Å². The van der Waals surface area contributed by atoms with Crippen molar-refractivity contribution in [2.24, 2.45) is 0 Å². The van der Waals surface area contributed by atoms with E-state index in [0.29, 0.717) is 0 Å². The largest absolute Gasteiger partial charge is 0.0654 e. The Morgan fingerprint density at radius 3 is 0.431 bits per heavy atom. The summed E-state index contributed by atoms with van der Waals surface area (Å²) in [4.78, 5) is 0. The fraction of sp³-hybridized carbons (Fsp3) is 1.00. The molecule has 314 valence electrons. The van der Waals surface area contributed by atoms with Gasteiger partial charge in [0.1, 0.15) is 0 Å². The van der Waals surface area contributed by atoms with Crippen LogP contribution >= 0.6 is 15.8 Å². The van der Waals surface area contributed by atoms with E-state index in [1.165, 1.54) is 193 Å². The summed E-state index contributed by atoms with van der Waals surface area (Å²) in [6.07, 6.45) is 63.0. The van der Waals surface area contributed by atoms with Gasteiger partial charge in [-0.2, -0.15) is 0 Å². The van der Waals surface area contributed by atoms with Crippen LogP contribution in [0.25, 0.3) is 0 Å². The van der Waals surface area contributed by atoms with Crippen molar-refractivity contribution in [1.29, 1.82) is 0 Å². The predicted octanol–water partition coefficient (Wildman–Crippen LogP) is 18.6. The summed E-state index contributed by atoms with van der Waals surface area (Å²) in [7, 11) is -0.0444. The molecule has 0 saturated carbocycles. The second-order valence-electron chi connectivity index (χ2n) is 16.6. The van der Waals surface area contributed by atoms with Gasteiger partial charge in [0.05, 0.1) is 37.0 Å². The molecule has 0 N–H and O–H groups in total. The fourth-order valence-corrected chi connectivity index (χ4v) is 13.7. The number of unbranched alkanes of at least 4 members (excludes halogenated alkanes) is 30. The van der Waals surface area contributed by atoms with Crippen molar-refractivity contribution in [2.75, 3.05) is 37.0 Å². The van der Waals surface area contributed by atoms with Crippen LogP contribution in [-0.2, 0) is 21.1 Å². The van der Waals surface area contributed by atoms with Crippen LogP contribution in [-0.4, -0.2) is 37.0 Å². The minimum atomic E-state index is -0.0222. The van der Waals surface area contributed by atoms with Gasteiger partial charge in [0.15, 0.2) is 0 Å². The molecule has 0 atom stereocenters. The zero-order valence-corrected chi connectivity index (χ0v) is 41.3. The Balaban J connectivity index is -0.000000886. The van der Waals surface area contributed by atoms with E-state index < -0.39 is 0 Å². The van der Waals surface area contributed by atoms with E-state index in [9.17, 15) is 0 Å². The van der Waals surface area contributed by atoms with Crippen molar-refractivity contribution < 1.29 is 21.1 Å². The minimum Gasteiger partial charge on any atom is -0.0654 e. The van der Waals surface area contributed by atoms with Gasteiger partial charge >= 0.3 is 0 Å². The number of rotatable bonds is 42. The van der Waals surface area contributed by atoms with E-state index >= 15 is 0 Å². The molecule has 0 amide bonds. The molecule has 0 aromatic carbocycles. The molecule has 3 heteroatoms. The molecule has 0 aliphatic rings. The third-order valence-electron chi connectivity index (χ3n) is 11.3. The van der Waals surface area contributed by atoms with Crippen LogP contribution in [0.15, 0.2) is 0 Å². The Hall–Kier alpha value is 1.55. The van der Waals surface area contributed by atoms with Gasteiger partial charge in [-0.3, -0.25) is 0 Å². The van der Waals surface area contributed by atoms with Gasteiger partial charge in [0.25, 0.3) is 0 Å². The molecule has 0 radical (unpaired) electrons. The van der Waals surface area contributed by atoms with E-state index in [4.69, 9.17) is 0 Å². The normalized spacial score (nSPS) is 11.3. The zero-order chi connectivity index (χ0) is 36.9. The molecule has 0 unspecified atom stereocenters. The van der Waals surface area contributed by atoms with Gasteiger partial charge in [-0.05, 0) is 77.0 Å². The molecule has 0 aliphatic carbocycles. The first-order valence-electron chi connectivity index (χ1n) is 24.4. The van der Waals surface area contributed by atoms with Gasteiger partial charge in [-0.1, -0.05) is 196 Å². The van der Waals surface area contributed by atoms with Crippen LogP contribution in [0.2, 0.25) is 0 Å². The van der Waals surface area contributed by atoms with Crippen molar-refractivity contribution in [1.82, 2.24) is 0 Å². The topological polar surface area (TPSA) is 0 Å². The molecule has 0 aromatic rings. The smallest absolute Gasteiger partial charge is 0.0571 e. The molecule has 0 fully saturated rings. The van der Waals surface area contributed by atoms with Crippen LogP contribution in [0.1, 0.15) is 273 Å². The summed E-state index contributed by atoms with van der Waals surface area (Å²) in [6.45, 7) is 13.9. The second-order valence-corrected chi connectivity index (χ2v) is 22.6. The van der Waals surface area contributed by atoms with Crippen molar-refractivity contribution in [3.8, 4) is 0 Å². The van der Waals surface area contributed by atoms with E-state index in [-0.39, 0.29) is 36.9 Å². The molecular formula is C48H104P2Pt+2.